The minimum absolute atomic E-state index is 0.180. The first-order chi connectivity index (χ1) is 9.16. The van der Waals surface area contributed by atoms with E-state index in [1.54, 1.807) is 0 Å². The molecular formula is C16H20N2O. The Morgan fingerprint density at radius 1 is 1.21 bits per heavy atom. The van der Waals surface area contributed by atoms with Crippen LogP contribution in [0.4, 0.5) is 0 Å². The van der Waals surface area contributed by atoms with Crippen LogP contribution in [0.3, 0.4) is 0 Å². The number of aryl methyl sites for hydroxylation is 2. The molecule has 1 fully saturated rings. The van der Waals surface area contributed by atoms with E-state index < -0.39 is 0 Å². The highest BCUT2D eigenvalue weighted by Crippen LogP contribution is 2.28. The number of nitrogens with one attached hydrogen (secondary N) is 2. The van der Waals surface area contributed by atoms with E-state index in [1.165, 1.54) is 5.56 Å². The van der Waals surface area contributed by atoms with Crippen LogP contribution in [-0.4, -0.2) is 23.9 Å². The second kappa shape index (κ2) is 4.82. The zero-order valence-corrected chi connectivity index (χ0v) is 11.5. The Kier molecular flexibility index (Phi) is 3.15. The number of hydrogen-bond donors (Lipinski definition) is 2. The summed E-state index contributed by atoms with van der Waals surface area (Å²) in [5, 5.41) is 4.40. The summed E-state index contributed by atoms with van der Waals surface area (Å²) < 4.78 is 0. The number of benzene rings is 1. The molecule has 0 saturated carbocycles. The monoisotopic (exact) mass is 256 g/mol. The highest BCUT2D eigenvalue weighted by atomic mass is 16.1. The van der Waals surface area contributed by atoms with Crippen LogP contribution in [0.15, 0.2) is 18.2 Å². The summed E-state index contributed by atoms with van der Waals surface area (Å²) in [6, 6.07) is 6.26. The van der Waals surface area contributed by atoms with E-state index in [-0.39, 0.29) is 5.92 Å². The third-order valence-corrected chi connectivity index (χ3v) is 4.10. The number of fused-ring (bicyclic) bond motifs is 1. The van der Waals surface area contributed by atoms with Crippen molar-refractivity contribution in [1.82, 2.24) is 10.3 Å². The normalized spacial score (nSPS) is 16.9. The second-order valence-electron chi connectivity index (χ2n) is 5.56. The van der Waals surface area contributed by atoms with Crippen molar-refractivity contribution in [3.63, 3.8) is 0 Å². The predicted octanol–water partition coefficient (Wildman–Crippen LogP) is 2.97. The molecule has 2 aromatic rings. The zero-order valence-electron chi connectivity index (χ0n) is 11.5. The van der Waals surface area contributed by atoms with Gasteiger partial charge in [-0.25, -0.2) is 0 Å². The SMILES string of the molecule is Cc1ccc2[nH]c(C)c(C(=O)C3CCNCC3)c2c1. The number of H-pyrrole nitrogens is 1. The van der Waals surface area contributed by atoms with Crippen LogP contribution in [-0.2, 0) is 0 Å². The maximum Gasteiger partial charge on any atom is 0.168 e. The summed E-state index contributed by atoms with van der Waals surface area (Å²) in [4.78, 5) is 16.1. The second-order valence-corrected chi connectivity index (χ2v) is 5.56. The number of Topliss-reactive ketones (excluding diaryl/α,β-unsaturated/α-hetero) is 1. The van der Waals surface area contributed by atoms with Crippen molar-refractivity contribution in [3.05, 3.63) is 35.0 Å². The minimum Gasteiger partial charge on any atom is -0.358 e. The molecule has 2 N–H and O–H groups in total. The molecule has 1 saturated heterocycles. The molecule has 19 heavy (non-hydrogen) atoms. The lowest BCUT2D eigenvalue weighted by Gasteiger charge is -2.21. The molecule has 0 spiro atoms. The third kappa shape index (κ3) is 2.19. The number of aromatic amines is 1. The minimum atomic E-state index is 0.180. The summed E-state index contributed by atoms with van der Waals surface area (Å²) >= 11 is 0. The standard InChI is InChI=1S/C16H20N2O/c1-10-3-4-14-13(9-10)15(11(2)18-14)16(19)12-5-7-17-8-6-12/h3-4,9,12,17-18H,5-8H2,1-2H3. The van der Waals surface area contributed by atoms with Crippen molar-refractivity contribution in [2.45, 2.75) is 26.7 Å². The van der Waals surface area contributed by atoms with Crippen LogP contribution in [0, 0.1) is 19.8 Å². The molecule has 0 atom stereocenters. The van der Waals surface area contributed by atoms with Crippen LogP contribution in [0.5, 0.6) is 0 Å². The van der Waals surface area contributed by atoms with Gasteiger partial charge in [0.05, 0.1) is 0 Å². The highest BCUT2D eigenvalue weighted by molar-refractivity contribution is 6.10. The highest BCUT2D eigenvalue weighted by Gasteiger charge is 2.25. The van der Waals surface area contributed by atoms with Gasteiger partial charge in [0.15, 0.2) is 5.78 Å². The first-order valence-electron chi connectivity index (χ1n) is 7.00. The fourth-order valence-corrected chi connectivity index (χ4v) is 3.05. The lowest BCUT2D eigenvalue weighted by molar-refractivity contribution is 0.0896. The summed E-state index contributed by atoms with van der Waals surface area (Å²) in [6.45, 7) is 5.98. The maximum atomic E-state index is 12.8. The fraction of sp³-hybridized carbons (Fsp3) is 0.438. The molecule has 1 aliphatic rings. The van der Waals surface area contributed by atoms with E-state index in [0.717, 1.165) is 48.1 Å². The van der Waals surface area contributed by atoms with Gasteiger partial charge >= 0.3 is 0 Å². The molecule has 2 heterocycles. The van der Waals surface area contributed by atoms with Gasteiger partial charge in [0.1, 0.15) is 0 Å². The number of aromatic nitrogens is 1. The molecular weight excluding hydrogens is 236 g/mol. The molecule has 3 heteroatoms. The average Bonchev–Trinajstić information content (AvgIpc) is 2.74. The average molecular weight is 256 g/mol. The first-order valence-corrected chi connectivity index (χ1v) is 7.00. The predicted molar refractivity (Wildman–Crippen MR) is 77.7 cm³/mol. The summed E-state index contributed by atoms with van der Waals surface area (Å²) in [5.41, 5.74) is 4.18. The van der Waals surface area contributed by atoms with Gasteiger partial charge in [0.25, 0.3) is 0 Å². The molecule has 0 bridgehead atoms. The fourth-order valence-electron chi connectivity index (χ4n) is 3.05. The number of rotatable bonds is 2. The molecule has 3 nitrogen and oxygen atoms in total. The number of carbonyl (C=O) groups excluding carboxylic acids is 1. The first kappa shape index (κ1) is 12.4. The molecule has 1 aromatic heterocycles. The number of hydrogen-bond acceptors (Lipinski definition) is 2. The van der Waals surface area contributed by atoms with Gasteiger partial charge in [-0.3, -0.25) is 4.79 Å². The Bertz CT molecular complexity index is 621. The lowest BCUT2D eigenvalue weighted by Crippen LogP contribution is -2.32. The molecule has 0 unspecified atom stereocenters. The Labute approximate surface area is 113 Å². The van der Waals surface area contributed by atoms with E-state index in [1.807, 2.05) is 6.92 Å². The van der Waals surface area contributed by atoms with Gasteiger partial charge in [0, 0.05) is 28.1 Å². The molecule has 3 rings (SSSR count). The largest absolute Gasteiger partial charge is 0.358 e. The maximum absolute atomic E-state index is 12.8. The Hall–Kier alpha value is -1.61. The molecule has 0 amide bonds. The third-order valence-electron chi connectivity index (χ3n) is 4.10. The van der Waals surface area contributed by atoms with Gasteiger partial charge in [0.2, 0.25) is 0 Å². The van der Waals surface area contributed by atoms with E-state index in [4.69, 9.17) is 0 Å². The summed E-state index contributed by atoms with van der Waals surface area (Å²) in [6.07, 6.45) is 1.91. The van der Waals surface area contributed by atoms with Gasteiger partial charge in [-0.1, -0.05) is 11.6 Å². The molecule has 1 aliphatic heterocycles. The van der Waals surface area contributed by atoms with Crippen molar-refractivity contribution < 1.29 is 4.79 Å². The van der Waals surface area contributed by atoms with E-state index in [9.17, 15) is 4.79 Å². The van der Waals surface area contributed by atoms with Crippen LogP contribution < -0.4 is 5.32 Å². The van der Waals surface area contributed by atoms with Crippen LogP contribution in [0.1, 0.15) is 34.5 Å². The van der Waals surface area contributed by atoms with Crippen molar-refractivity contribution in [3.8, 4) is 0 Å². The van der Waals surface area contributed by atoms with Crippen LogP contribution >= 0.6 is 0 Å². The number of carbonyl (C=O) groups is 1. The smallest absolute Gasteiger partial charge is 0.168 e. The van der Waals surface area contributed by atoms with Gasteiger partial charge in [-0.15, -0.1) is 0 Å². The molecule has 0 aliphatic carbocycles. The summed E-state index contributed by atoms with van der Waals surface area (Å²) in [7, 11) is 0. The van der Waals surface area contributed by atoms with Gasteiger partial charge < -0.3 is 10.3 Å². The van der Waals surface area contributed by atoms with E-state index in [2.05, 4.69) is 35.4 Å². The van der Waals surface area contributed by atoms with Gasteiger partial charge in [-0.05, 0) is 51.9 Å². The van der Waals surface area contributed by atoms with Crippen LogP contribution in [0.2, 0.25) is 0 Å². The van der Waals surface area contributed by atoms with Crippen LogP contribution in [0.25, 0.3) is 10.9 Å². The molecule has 1 aromatic carbocycles. The Morgan fingerprint density at radius 3 is 2.68 bits per heavy atom. The van der Waals surface area contributed by atoms with E-state index >= 15 is 0 Å². The Balaban J connectivity index is 2.05. The van der Waals surface area contributed by atoms with Crippen molar-refractivity contribution in [2.24, 2.45) is 5.92 Å². The van der Waals surface area contributed by atoms with E-state index in [0.29, 0.717) is 5.78 Å². The quantitative estimate of drug-likeness (QED) is 0.811. The van der Waals surface area contributed by atoms with Gasteiger partial charge in [-0.2, -0.15) is 0 Å². The van der Waals surface area contributed by atoms with Crippen molar-refractivity contribution >= 4 is 16.7 Å². The molecule has 100 valence electrons. The topological polar surface area (TPSA) is 44.9 Å². The lowest BCUT2D eigenvalue weighted by atomic mass is 9.88. The van der Waals surface area contributed by atoms with Crippen molar-refractivity contribution in [2.75, 3.05) is 13.1 Å². The van der Waals surface area contributed by atoms with Crippen molar-refractivity contribution in [1.29, 1.82) is 0 Å². The number of piperidine rings is 1. The zero-order chi connectivity index (χ0) is 13.4. The molecule has 0 radical (unpaired) electrons. The Morgan fingerprint density at radius 2 is 1.95 bits per heavy atom. The summed E-state index contributed by atoms with van der Waals surface area (Å²) in [5.74, 6) is 0.496. The number of ketones is 1.